The molecule has 0 unspecified atom stereocenters. The van der Waals surface area contributed by atoms with Crippen LogP contribution in [0.2, 0.25) is 0 Å². The van der Waals surface area contributed by atoms with Crippen LogP contribution in [0.4, 0.5) is 0 Å². The van der Waals surface area contributed by atoms with Crippen LogP contribution in [-0.2, 0) is 6.42 Å². The Labute approximate surface area is 132 Å². The summed E-state index contributed by atoms with van der Waals surface area (Å²) in [6, 6.07) is 2.15. The summed E-state index contributed by atoms with van der Waals surface area (Å²) >= 11 is 3.65. The molecule has 0 aliphatic rings. The third-order valence-corrected chi connectivity index (χ3v) is 4.59. The summed E-state index contributed by atoms with van der Waals surface area (Å²) in [6.07, 6.45) is 6.22. The Balaban J connectivity index is 2.51. The molecule has 2 nitrogen and oxygen atoms in total. The lowest BCUT2D eigenvalue weighted by atomic mass is 9.98. The quantitative estimate of drug-likeness (QED) is 0.652. The van der Waals surface area contributed by atoms with Gasteiger partial charge in [0.15, 0.2) is 0 Å². The van der Waals surface area contributed by atoms with Crippen LogP contribution in [0.5, 0.6) is 5.75 Å². The second-order valence-electron chi connectivity index (χ2n) is 5.33. The van der Waals surface area contributed by atoms with E-state index in [4.69, 9.17) is 4.74 Å². The SMILES string of the molecule is CCNCCCCCCc1c(C)c(Br)cc(C)c1OC. The molecule has 0 amide bonds. The highest BCUT2D eigenvalue weighted by molar-refractivity contribution is 9.10. The molecule has 114 valence electrons. The predicted molar refractivity (Wildman–Crippen MR) is 90.9 cm³/mol. The number of benzene rings is 1. The molecule has 0 saturated carbocycles. The summed E-state index contributed by atoms with van der Waals surface area (Å²) in [7, 11) is 1.77. The fraction of sp³-hybridized carbons (Fsp3) is 0.647. The first kappa shape index (κ1) is 17.5. The molecule has 0 radical (unpaired) electrons. The van der Waals surface area contributed by atoms with Crippen molar-refractivity contribution >= 4 is 15.9 Å². The lowest BCUT2D eigenvalue weighted by Gasteiger charge is -2.16. The number of hydrogen-bond donors (Lipinski definition) is 1. The van der Waals surface area contributed by atoms with Gasteiger partial charge in [-0.05, 0) is 69.0 Å². The van der Waals surface area contributed by atoms with E-state index in [9.17, 15) is 0 Å². The van der Waals surface area contributed by atoms with E-state index in [1.807, 2.05) is 0 Å². The van der Waals surface area contributed by atoms with Gasteiger partial charge in [-0.1, -0.05) is 35.7 Å². The zero-order valence-corrected chi connectivity index (χ0v) is 14.9. The van der Waals surface area contributed by atoms with Crippen molar-refractivity contribution in [2.45, 2.75) is 52.9 Å². The maximum atomic E-state index is 5.59. The van der Waals surface area contributed by atoms with Crippen LogP contribution in [0.3, 0.4) is 0 Å². The average molecular weight is 342 g/mol. The van der Waals surface area contributed by atoms with E-state index in [1.165, 1.54) is 46.8 Å². The standard InChI is InChI=1S/C17H28BrNO/c1-5-19-11-9-7-6-8-10-15-14(3)16(18)12-13(2)17(15)20-4/h12,19H,5-11H2,1-4H3. The van der Waals surface area contributed by atoms with Gasteiger partial charge in [0.2, 0.25) is 0 Å². The van der Waals surface area contributed by atoms with Gasteiger partial charge in [-0.25, -0.2) is 0 Å². The van der Waals surface area contributed by atoms with Gasteiger partial charge in [0.1, 0.15) is 5.75 Å². The zero-order chi connectivity index (χ0) is 15.0. The van der Waals surface area contributed by atoms with Crippen molar-refractivity contribution in [3.63, 3.8) is 0 Å². The first-order valence-electron chi connectivity index (χ1n) is 7.65. The Hall–Kier alpha value is -0.540. The van der Waals surface area contributed by atoms with E-state index in [1.54, 1.807) is 7.11 Å². The summed E-state index contributed by atoms with van der Waals surface area (Å²) in [5, 5.41) is 3.37. The van der Waals surface area contributed by atoms with E-state index >= 15 is 0 Å². The first-order chi connectivity index (χ1) is 9.61. The van der Waals surface area contributed by atoms with Crippen molar-refractivity contribution < 1.29 is 4.74 Å². The van der Waals surface area contributed by atoms with Crippen molar-refractivity contribution in [3.05, 3.63) is 27.2 Å². The van der Waals surface area contributed by atoms with Crippen molar-refractivity contribution in [1.82, 2.24) is 5.32 Å². The molecule has 1 rings (SSSR count). The molecule has 1 aromatic carbocycles. The Kier molecular flexibility index (Phi) is 8.24. The van der Waals surface area contributed by atoms with Crippen LogP contribution in [-0.4, -0.2) is 20.2 Å². The van der Waals surface area contributed by atoms with Crippen LogP contribution in [0.1, 0.15) is 49.3 Å². The monoisotopic (exact) mass is 341 g/mol. The fourth-order valence-electron chi connectivity index (χ4n) is 2.58. The van der Waals surface area contributed by atoms with E-state index in [-0.39, 0.29) is 0 Å². The minimum Gasteiger partial charge on any atom is -0.496 e. The van der Waals surface area contributed by atoms with E-state index in [0.29, 0.717) is 0 Å². The lowest BCUT2D eigenvalue weighted by Crippen LogP contribution is -2.13. The van der Waals surface area contributed by atoms with Gasteiger partial charge in [0, 0.05) is 4.47 Å². The maximum Gasteiger partial charge on any atom is 0.125 e. The van der Waals surface area contributed by atoms with Crippen LogP contribution in [0, 0.1) is 13.8 Å². The van der Waals surface area contributed by atoms with Crippen LogP contribution in [0.15, 0.2) is 10.5 Å². The number of unbranched alkanes of at least 4 members (excludes halogenated alkanes) is 3. The third kappa shape index (κ3) is 5.10. The van der Waals surface area contributed by atoms with E-state index in [2.05, 4.69) is 48.1 Å². The number of hydrogen-bond acceptors (Lipinski definition) is 2. The van der Waals surface area contributed by atoms with E-state index < -0.39 is 0 Å². The first-order valence-corrected chi connectivity index (χ1v) is 8.44. The summed E-state index contributed by atoms with van der Waals surface area (Å²) in [4.78, 5) is 0. The molecule has 0 fully saturated rings. The predicted octanol–water partition coefficient (Wildman–Crippen LogP) is 4.79. The number of nitrogens with one attached hydrogen (secondary N) is 1. The lowest BCUT2D eigenvalue weighted by molar-refractivity contribution is 0.405. The molecular weight excluding hydrogens is 314 g/mol. The maximum absolute atomic E-state index is 5.59. The number of methoxy groups -OCH3 is 1. The number of ether oxygens (including phenoxy) is 1. The van der Waals surface area contributed by atoms with Crippen molar-refractivity contribution in [2.24, 2.45) is 0 Å². The molecule has 20 heavy (non-hydrogen) atoms. The highest BCUT2D eigenvalue weighted by Gasteiger charge is 2.12. The van der Waals surface area contributed by atoms with Crippen LogP contribution >= 0.6 is 15.9 Å². The van der Waals surface area contributed by atoms with Crippen LogP contribution in [0.25, 0.3) is 0 Å². The number of aryl methyl sites for hydroxylation is 1. The molecule has 0 aliphatic carbocycles. The Bertz CT molecular complexity index is 418. The van der Waals surface area contributed by atoms with Gasteiger partial charge in [0.25, 0.3) is 0 Å². The Morgan fingerprint density at radius 3 is 2.50 bits per heavy atom. The van der Waals surface area contributed by atoms with Gasteiger partial charge in [0.05, 0.1) is 7.11 Å². The molecule has 0 bridgehead atoms. The molecule has 3 heteroatoms. The molecule has 0 saturated heterocycles. The summed E-state index contributed by atoms with van der Waals surface area (Å²) in [6.45, 7) is 8.67. The normalized spacial score (nSPS) is 10.8. The van der Waals surface area contributed by atoms with Gasteiger partial charge in [-0.15, -0.1) is 0 Å². The summed E-state index contributed by atoms with van der Waals surface area (Å²) in [5.41, 5.74) is 3.90. The summed E-state index contributed by atoms with van der Waals surface area (Å²) < 4.78 is 6.78. The Morgan fingerprint density at radius 2 is 1.85 bits per heavy atom. The van der Waals surface area contributed by atoms with Crippen LogP contribution < -0.4 is 10.1 Å². The zero-order valence-electron chi connectivity index (χ0n) is 13.3. The van der Waals surface area contributed by atoms with Gasteiger partial charge >= 0.3 is 0 Å². The largest absolute Gasteiger partial charge is 0.496 e. The number of rotatable bonds is 9. The number of halogens is 1. The summed E-state index contributed by atoms with van der Waals surface area (Å²) in [5.74, 6) is 1.07. The minimum absolute atomic E-state index is 1.07. The van der Waals surface area contributed by atoms with Crippen molar-refractivity contribution in [2.75, 3.05) is 20.2 Å². The second kappa shape index (κ2) is 9.41. The van der Waals surface area contributed by atoms with Crippen molar-refractivity contribution in [1.29, 1.82) is 0 Å². The third-order valence-electron chi connectivity index (χ3n) is 3.77. The molecule has 1 aromatic rings. The molecule has 1 N–H and O–H groups in total. The second-order valence-corrected chi connectivity index (χ2v) is 6.18. The highest BCUT2D eigenvalue weighted by atomic mass is 79.9. The van der Waals surface area contributed by atoms with Crippen molar-refractivity contribution in [3.8, 4) is 5.75 Å². The average Bonchev–Trinajstić information content (AvgIpc) is 2.43. The van der Waals surface area contributed by atoms with Gasteiger partial charge in [-0.2, -0.15) is 0 Å². The molecule has 0 heterocycles. The van der Waals surface area contributed by atoms with Gasteiger partial charge in [-0.3, -0.25) is 0 Å². The molecule has 0 atom stereocenters. The molecule has 0 aliphatic heterocycles. The smallest absolute Gasteiger partial charge is 0.125 e. The van der Waals surface area contributed by atoms with Gasteiger partial charge < -0.3 is 10.1 Å². The van der Waals surface area contributed by atoms with E-state index in [0.717, 1.165) is 25.3 Å². The molecular formula is C17H28BrNO. The molecule has 0 spiro atoms. The highest BCUT2D eigenvalue weighted by Crippen LogP contribution is 2.33. The minimum atomic E-state index is 1.07. The molecule has 0 aromatic heterocycles. The Morgan fingerprint density at radius 1 is 1.15 bits per heavy atom. The fourth-order valence-corrected chi connectivity index (χ4v) is 3.17. The topological polar surface area (TPSA) is 21.3 Å².